The highest BCUT2D eigenvalue weighted by molar-refractivity contribution is 7.84. The fourth-order valence-corrected chi connectivity index (χ4v) is 3.50. The minimum absolute atomic E-state index is 0.0231. The molecule has 5 unspecified atom stereocenters. The minimum atomic E-state index is -0.873. The molecule has 0 aromatic carbocycles. The summed E-state index contributed by atoms with van der Waals surface area (Å²) in [5, 5.41) is 6.48. The molecule has 0 aromatic heterocycles. The predicted molar refractivity (Wildman–Crippen MR) is 78.4 cm³/mol. The van der Waals surface area contributed by atoms with Gasteiger partial charge in [0.25, 0.3) is 0 Å². The monoisotopic (exact) mass is 286 g/mol. The molecule has 0 spiro atoms. The Kier molecular flexibility index (Phi) is 5.39. The SMILES string of the molecule is CC(CNC(=O)C1CCC2CCCCC2N1)S(C)=O. The molecular weight excluding hydrogens is 260 g/mol. The van der Waals surface area contributed by atoms with Gasteiger partial charge in [0, 0.05) is 34.9 Å². The molecule has 2 rings (SSSR count). The van der Waals surface area contributed by atoms with Crippen LogP contribution in [0.25, 0.3) is 0 Å². The molecular formula is C14H26N2O2S. The molecule has 2 fully saturated rings. The molecule has 0 radical (unpaired) electrons. The summed E-state index contributed by atoms with van der Waals surface area (Å²) in [6.07, 6.45) is 8.96. The van der Waals surface area contributed by atoms with Crippen LogP contribution in [0.5, 0.6) is 0 Å². The number of fused-ring (bicyclic) bond motifs is 1. The lowest BCUT2D eigenvalue weighted by molar-refractivity contribution is -0.124. The second kappa shape index (κ2) is 6.84. The van der Waals surface area contributed by atoms with Gasteiger partial charge in [0.1, 0.15) is 0 Å². The summed E-state index contributed by atoms with van der Waals surface area (Å²) >= 11 is 0. The summed E-state index contributed by atoms with van der Waals surface area (Å²) in [7, 11) is -0.873. The molecule has 1 saturated carbocycles. The number of rotatable bonds is 4. The highest BCUT2D eigenvalue weighted by Gasteiger charge is 2.34. The normalized spacial score (nSPS) is 34.1. The fraction of sp³-hybridized carbons (Fsp3) is 0.929. The van der Waals surface area contributed by atoms with Gasteiger partial charge in [0.2, 0.25) is 5.91 Å². The van der Waals surface area contributed by atoms with E-state index in [-0.39, 0.29) is 17.2 Å². The van der Waals surface area contributed by atoms with Crippen molar-refractivity contribution in [3.8, 4) is 0 Å². The molecule has 19 heavy (non-hydrogen) atoms. The summed E-state index contributed by atoms with van der Waals surface area (Å²) in [5.41, 5.74) is 0. The van der Waals surface area contributed by atoms with Gasteiger partial charge in [-0.2, -0.15) is 0 Å². The molecule has 110 valence electrons. The van der Waals surface area contributed by atoms with Crippen LogP contribution in [0.15, 0.2) is 0 Å². The third-order valence-corrected chi connectivity index (χ3v) is 5.90. The Morgan fingerprint density at radius 3 is 2.79 bits per heavy atom. The summed E-state index contributed by atoms with van der Waals surface area (Å²) in [5.74, 6) is 0.862. The number of piperidine rings is 1. The van der Waals surface area contributed by atoms with Crippen LogP contribution >= 0.6 is 0 Å². The Morgan fingerprint density at radius 2 is 2.05 bits per heavy atom. The molecule has 1 amide bonds. The molecule has 1 aliphatic carbocycles. The number of carbonyl (C=O) groups excluding carboxylic acids is 1. The van der Waals surface area contributed by atoms with Crippen LogP contribution in [0.3, 0.4) is 0 Å². The summed E-state index contributed by atoms with van der Waals surface area (Å²) < 4.78 is 11.3. The number of amides is 1. The van der Waals surface area contributed by atoms with E-state index in [2.05, 4.69) is 10.6 Å². The quantitative estimate of drug-likeness (QED) is 0.816. The van der Waals surface area contributed by atoms with E-state index in [1.807, 2.05) is 6.92 Å². The third-order valence-electron chi connectivity index (χ3n) is 4.60. The molecule has 1 heterocycles. The van der Waals surface area contributed by atoms with Gasteiger partial charge >= 0.3 is 0 Å². The first-order chi connectivity index (χ1) is 9.08. The van der Waals surface area contributed by atoms with E-state index in [1.54, 1.807) is 6.26 Å². The third kappa shape index (κ3) is 4.02. The second-order valence-corrected chi connectivity index (χ2v) is 7.80. The average molecular weight is 286 g/mol. The van der Waals surface area contributed by atoms with Gasteiger partial charge < -0.3 is 10.6 Å². The topological polar surface area (TPSA) is 58.2 Å². The predicted octanol–water partition coefficient (Wildman–Crippen LogP) is 1.18. The van der Waals surface area contributed by atoms with Crippen LogP contribution in [0.2, 0.25) is 0 Å². The van der Waals surface area contributed by atoms with Crippen LogP contribution in [0, 0.1) is 5.92 Å². The number of hydrogen-bond acceptors (Lipinski definition) is 3. The minimum Gasteiger partial charge on any atom is -0.354 e. The fourth-order valence-electron chi connectivity index (χ4n) is 3.19. The lowest BCUT2D eigenvalue weighted by atomic mass is 9.77. The van der Waals surface area contributed by atoms with Gasteiger partial charge in [-0.25, -0.2) is 0 Å². The van der Waals surface area contributed by atoms with Gasteiger partial charge in [-0.1, -0.05) is 12.8 Å². The maximum atomic E-state index is 12.1. The molecule has 4 nitrogen and oxygen atoms in total. The molecule has 5 atom stereocenters. The lowest BCUT2D eigenvalue weighted by Gasteiger charge is -2.39. The van der Waals surface area contributed by atoms with Crippen LogP contribution in [-0.2, 0) is 15.6 Å². The van der Waals surface area contributed by atoms with Crippen LogP contribution < -0.4 is 10.6 Å². The Morgan fingerprint density at radius 1 is 1.32 bits per heavy atom. The molecule has 0 bridgehead atoms. The zero-order valence-electron chi connectivity index (χ0n) is 12.0. The zero-order valence-corrected chi connectivity index (χ0v) is 12.8. The van der Waals surface area contributed by atoms with Crippen molar-refractivity contribution in [3.63, 3.8) is 0 Å². The number of carbonyl (C=O) groups is 1. The Hall–Kier alpha value is -0.420. The largest absolute Gasteiger partial charge is 0.354 e. The molecule has 5 heteroatoms. The maximum absolute atomic E-state index is 12.1. The molecule has 2 aliphatic rings. The Labute approximate surface area is 118 Å². The van der Waals surface area contributed by atoms with Crippen LogP contribution in [0.1, 0.15) is 45.4 Å². The number of nitrogens with one attached hydrogen (secondary N) is 2. The zero-order chi connectivity index (χ0) is 13.8. The van der Waals surface area contributed by atoms with Gasteiger partial charge in [0.05, 0.1) is 6.04 Å². The summed E-state index contributed by atoms with van der Waals surface area (Å²) in [4.78, 5) is 12.1. The van der Waals surface area contributed by atoms with Crippen molar-refractivity contribution < 1.29 is 9.00 Å². The van der Waals surface area contributed by atoms with E-state index >= 15 is 0 Å². The first-order valence-corrected chi connectivity index (χ1v) is 9.06. The summed E-state index contributed by atoms with van der Waals surface area (Å²) in [6, 6.07) is 0.493. The van der Waals surface area contributed by atoms with Gasteiger partial charge in [-0.3, -0.25) is 9.00 Å². The summed E-state index contributed by atoms with van der Waals surface area (Å²) in [6.45, 7) is 2.41. The molecule has 1 aliphatic heterocycles. The molecule has 1 saturated heterocycles. The van der Waals surface area contributed by atoms with E-state index < -0.39 is 10.8 Å². The first kappa shape index (κ1) is 15.0. The van der Waals surface area contributed by atoms with E-state index in [0.717, 1.165) is 12.3 Å². The van der Waals surface area contributed by atoms with Crippen LogP contribution in [0.4, 0.5) is 0 Å². The van der Waals surface area contributed by atoms with Gasteiger partial charge in [-0.05, 0) is 38.5 Å². The first-order valence-electron chi connectivity index (χ1n) is 7.44. The van der Waals surface area contributed by atoms with Crippen molar-refractivity contribution in [3.05, 3.63) is 0 Å². The van der Waals surface area contributed by atoms with Crippen molar-refractivity contribution in [2.45, 2.75) is 62.8 Å². The van der Waals surface area contributed by atoms with Crippen molar-refractivity contribution >= 4 is 16.7 Å². The smallest absolute Gasteiger partial charge is 0.237 e. The van der Waals surface area contributed by atoms with Crippen LogP contribution in [-0.4, -0.2) is 40.3 Å². The average Bonchev–Trinajstić information content (AvgIpc) is 2.43. The molecule has 2 N–H and O–H groups in total. The van der Waals surface area contributed by atoms with Crippen molar-refractivity contribution in [2.24, 2.45) is 5.92 Å². The van der Waals surface area contributed by atoms with Gasteiger partial charge in [-0.15, -0.1) is 0 Å². The lowest BCUT2D eigenvalue weighted by Crippen LogP contribution is -2.55. The highest BCUT2D eigenvalue weighted by Crippen LogP contribution is 2.32. The van der Waals surface area contributed by atoms with E-state index in [4.69, 9.17) is 0 Å². The van der Waals surface area contributed by atoms with E-state index in [0.29, 0.717) is 12.6 Å². The van der Waals surface area contributed by atoms with Crippen molar-refractivity contribution in [2.75, 3.05) is 12.8 Å². The van der Waals surface area contributed by atoms with Gasteiger partial charge in [0.15, 0.2) is 0 Å². The van der Waals surface area contributed by atoms with Crippen molar-refractivity contribution in [1.82, 2.24) is 10.6 Å². The number of hydrogen-bond donors (Lipinski definition) is 2. The maximum Gasteiger partial charge on any atom is 0.237 e. The Bertz CT molecular complexity index is 348. The second-order valence-electron chi connectivity index (χ2n) is 6.00. The Balaban J connectivity index is 1.78. The highest BCUT2D eigenvalue weighted by atomic mass is 32.2. The van der Waals surface area contributed by atoms with Crippen molar-refractivity contribution in [1.29, 1.82) is 0 Å². The van der Waals surface area contributed by atoms with E-state index in [9.17, 15) is 9.00 Å². The van der Waals surface area contributed by atoms with E-state index in [1.165, 1.54) is 32.1 Å². The standard InChI is InChI=1S/C14H26N2O2S/c1-10(19(2)18)9-15-14(17)13-8-7-11-5-3-4-6-12(11)16-13/h10-13,16H,3-9H2,1-2H3,(H,15,17). The molecule has 0 aromatic rings.